The highest BCUT2D eigenvalue weighted by Crippen LogP contribution is 2.36. The predicted molar refractivity (Wildman–Crippen MR) is 127 cm³/mol. The van der Waals surface area contributed by atoms with E-state index < -0.39 is 8.80 Å². The van der Waals surface area contributed by atoms with Gasteiger partial charge >= 0.3 is 8.80 Å². The van der Waals surface area contributed by atoms with E-state index in [1.165, 1.54) is 48.7 Å². The van der Waals surface area contributed by atoms with Crippen LogP contribution in [0.5, 0.6) is 0 Å². The first kappa shape index (κ1) is 19.2. The second kappa shape index (κ2) is 7.49. The third-order valence-corrected chi connectivity index (χ3v) is 8.78. The highest BCUT2D eigenvalue weighted by Gasteiger charge is 2.39. The van der Waals surface area contributed by atoms with E-state index in [0.717, 1.165) is 0 Å². The van der Waals surface area contributed by atoms with Crippen molar-refractivity contribution in [3.63, 3.8) is 0 Å². The Morgan fingerprint density at radius 1 is 0.533 bits per heavy atom. The Bertz CT molecular complexity index is 1290. The summed E-state index contributed by atoms with van der Waals surface area (Å²) in [6.45, 7) is 0. The molecule has 0 spiro atoms. The van der Waals surface area contributed by atoms with E-state index in [1.54, 1.807) is 21.3 Å². The van der Waals surface area contributed by atoms with E-state index in [2.05, 4.69) is 78.9 Å². The summed E-state index contributed by atoms with van der Waals surface area (Å²) in [5.41, 5.74) is 1.22. The van der Waals surface area contributed by atoms with Gasteiger partial charge in [-0.3, -0.25) is 0 Å². The summed E-state index contributed by atoms with van der Waals surface area (Å²) in [4.78, 5) is 0. The molecule has 4 heteroatoms. The molecule has 0 aliphatic rings. The average Bonchev–Trinajstić information content (AvgIpc) is 2.80. The molecule has 0 fully saturated rings. The monoisotopic (exact) mass is 412 g/mol. The van der Waals surface area contributed by atoms with Crippen molar-refractivity contribution < 1.29 is 13.3 Å². The van der Waals surface area contributed by atoms with Gasteiger partial charge in [0.15, 0.2) is 0 Å². The molecule has 0 N–H and O–H groups in total. The molecule has 0 radical (unpaired) electrons. The predicted octanol–water partition coefficient (Wildman–Crippen LogP) is 6.26. The summed E-state index contributed by atoms with van der Waals surface area (Å²) in [7, 11) is 2.21. The zero-order valence-electron chi connectivity index (χ0n) is 17.4. The highest BCUT2D eigenvalue weighted by atomic mass is 28.4. The molecule has 0 aromatic heterocycles. The van der Waals surface area contributed by atoms with Gasteiger partial charge in [-0.15, -0.1) is 0 Å². The molecule has 150 valence electrons. The Kier molecular flexibility index (Phi) is 4.80. The minimum absolute atomic E-state index is 0.612. The normalized spacial score (nSPS) is 12.4. The van der Waals surface area contributed by atoms with Crippen molar-refractivity contribution in [2.45, 2.75) is 6.04 Å². The zero-order chi connectivity index (χ0) is 20.7. The van der Waals surface area contributed by atoms with E-state index in [1.807, 2.05) is 0 Å². The minimum Gasteiger partial charge on any atom is -0.377 e. The van der Waals surface area contributed by atoms with Crippen LogP contribution in [-0.2, 0) is 19.3 Å². The summed E-state index contributed by atoms with van der Waals surface area (Å²) in [5.74, 6) is 0. The van der Waals surface area contributed by atoms with Gasteiger partial charge in [0.1, 0.15) is 0 Å². The lowest BCUT2D eigenvalue weighted by Gasteiger charge is -2.26. The molecule has 0 heterocycles. The Hall–Kier alpha value is -2.76. The standard InChI is InChI=1S/C26H24O3Si/c1-27-30(28-2,29-3)17-26-24-15-20-10-6-4-8-18(20)12-22(24)14-23-13-19-9-5-7-11-21(19)16-25(23)26/h4-16H,17H2,1-3H3. The number of hydrogen-bond acceptors (Lipinski definition) is 3. The molecule has 0 bridgehead atoms. The third kappa shape index (κ3) is 3.09. The van der Waals surface area contributed by atoms with Crippen molar-refractivity contribution in [3.05, 3.63) is 84.4 Å². The summed E-state index contributed by atoms with van der Waals surface area (Å²) in [6.07, 6.45) is 0. The van der Waals surface area contributed by atoms with Crippen molar-refractivity contribution in [3.8, 4) is 0 Å². The molecule has 30 heavy (non-hydrogen) atoms. The molecule has 5 aromatic carbocycles. The lowest BCUT2D eigenvalue weighted by Crippen LogP contribution is -2.45. The van der Waals surface area contributed by atoms with Crippen LogP contribution < -0.4 is 0 Å². The van der Waals surface area contributed by atoms with E-state index in [4.69, 9.17) is 13.3 Å². The number of hydrogen-bond donors (Lipinski definition) is 0. The van der Waals surface area contributed by atoms with Gasteiger partial charge < -0.3 is 13.3 Å². The van der Waals surface area contributed by atoms with E-state index in [9.17, 15) is 0 Å². The molecule has 5 aromatic rings. The van der Waals surface area contributed by atoms with Crippen molar-refractivity contribution in [2.24, 2.45) is 0 Å². The van der Waals surface area contributed by atoms with Gasteiger partial charge in [-0.1, -0.05) is 48.5 Å². The molecule has 3 nitrogen and oxygen atoms in total. The lowest BCUT2D eigenvalue weighted by atomic mass is 9.93. The zero-order valence-corrected chi connectivity index (χ0v) is 18.4. The van der Waals surface area contributed by atoms with Crippen LogP contribution in [0.15, 0.2) is 78.9 Å². The molecule has 0 aliphatic heterocycles. The molecule has 0 atom stereocenters. The molecular formula is C26H24O3Si. The van der Waals surface area contributed by atoms with Crippen molar-refractivity contribution in [1.82, 2.24) is 0 Å². The van der Waals surface area contributed by atoms with Crippen molar-refractivity contribution in [2.75, 3.05) is 21.3 Å². The lowest BCUT2D eigenvalue weighted by molar-refractivity contribution is 0.123. The maximum Gasteiger partial charge on any atom is 0.504 e. The van der Waals surface area contributed by atoms with E-state index in [-0.39, 0.29) is 0 Å². The first-order chi connectivity index (χ1) is 14.7. The number of benzene rings is 5. The summed E-state index contributed by atoms with van der Waals surface area (Å²) in [5, 5.41) is 9.82. The SMILES string of the molecule is CO[Si](Cc1c2cc3ccccc3cc2cc2cc3ccccc3cc12)(OC)OC. The van der Waals surface area contributed by atoms with Crippen LogP contribution >= 0.6 is 0 Å². The number of rotatable bonds is 5. The fourth-order valence-electron chi connectivity index (χ4n) is 4.46. The van der Waals surface area contributed by atoms with Crippen LogP contribution in [0, 0.1) is 0 Å². The third-order valence-electron chi connectivity index (χ3n) is 6.12. The summed E-state index contributed by atoms with van der Waals surface area (Å²) in [6, 6.07) is 29.0. The van der Waals surface area contributed by atoms with Crippen LogP contribution in [0.2, 0.25) is 0 Å². The van der Waals surface area contributed by atoms with Gasteiger partial charge in [-0.05, 0) is 79.0 Å². The Labute approximate surface area is 177 Å². The van der Waals surface area contributed by atoms with Gasteiger partial charge in [0, 0.05) is 27.4 Å². The summed E-state index contributed by atoms with van der Waals surface area (Å²) >= 11 is 0. The topological polar surface area (TPSA) is 27.7 Å². The van der Waals surface area contributed by atoms with Gasteiger partial charge in [-0.2, -0.15) is 0 Å². The number of fused-ring (bicyclic) bond motifs is 4. The molecule has 0 amide bonds. The highest BCUT2D eigenvalue weighted by molar-refractivity contribution is 6.60. The van der Waals surface area contributed by atoms with Crippen molar-refractivity contribution in [1.29, 1.82) is 0 Å². The van der Waals surface area contributed by atoms with Gasteiger partial charge in [0.25, 0.3) is 0 Å². The average molecular weight is 413 g/mol. The Balaban J connectivity index is 1.90. The molecule has 0 aliphatic carbocycles. The Morgan fingerprint density at radius 3 is 1.30 bits per heavy atom. The first-order valence-electron chi connectivity index (χ1n) is 10.1. The second-order valence-electron chi connectivity index (χ2n) is 7.67. The smallest absolute Gasteiger partial charge is 0.377 e. The van der Waals surface area contributed by atoms with Gasteiger partial charge in [0.05, 0.1) is 0 Å². The molecule has 0 saturated heterocycles. The summed E-state index contributed by atoms with van der Waals surface area (Å²) < 4.78 is 17.4. The quantitative estimate of drug-likeness (QED) is 0.252. The maximum absolute atomic E-state index is 5.81. The molecular weight excluding hydrogens is 388 g/mol. The second-order valence-corrected chi connectivity index (χ2v) is 10.6. The van der Waals surface area contributed by atoms with Gasteiger partial charge in [0.2, 0.25) is 0 Å². The molecule has 0 unspecified atom stereocenters. The van der Waals surface area contributed by atoms with Gasteiger partial charge in [-0.25, -0.2) is 0 Å². The first-order valence-corrected chi connectivity index (χ1v) is 12.0. The van der Waals surface area contributed by atoms with E-state index in [0.29, 0.717) is 6.04 Å². The van der Waals surface area contributed by atoms with Crippen molar-refractivity contribution >= 4 is 51.9 Å². The fourth-order valence-corrected chi connectivity index (χ4v) is 6.21. The van der Waals surface area contributed by atoms with Crippen LogP contribution in [-0.4, -0.2) is 30.1 Å². The molecule has 0 saturated carbocycles. The van der Waals surface area contributed by atoms with Crippen LogP contribution in [0.3, 0.4) is 0 Å². The Morgan fingerprint density at radius 2 is 0.900 bits per heavy atom. The van der Waals surface area contributed by atoms with Crippen LogP contribution in [0.1, 0.15) is 5.56 Å². The van der Waals surface area contributed by atoms with Crippen LogP contribution in [0.25, 0.3) is 43.1 Å². The fraction of sp³-hybridized carbons (Fsp3) is 0.154. The largest absolute Gasteiger partial charge is 0.504 e. The van der Waals surface area contributed by atoms with Crippen LogP contribution in [0.4, 0.5) is 0 Å². The maximum atomic E-state index is 5.81. The molecule has 5 rings (SSSR count). The van der Waals surface area contributed by atoms with E-state index >= 15 is 0 Å². The minimum atomic E-state index is -2.83.